The Kier molecular flexibility index (Phi) is 22.1. The molecule has 1 aromatic rings. The molecule has 0 saturated carbocycles. The number of aromatic nitrogens is 3. The second-order valence-corrected chi connectivity index (χ2v) is 15.2. The van der Waals surface area contributed by atoms with Gasteiger partial charge in [-0.15, -0.1) is 0 Å². The van der Waals surface area contributed by atoms with Crippen molar-refractivity contribution in [2.45, 2.75) is 121 Å². The number of aliphatic hydroxyl groups is 5. The number of nitrogens with zero attached hydrogens (tertiary/aromatic N) is 4. The molecule has 7 unspecified atom stereocenters. The normalized spacial score (nSPS) is 16.5. The number of anilines is 3. The minimum absolute atomic E-state index is 0.00155. The lowest BCUT2D eigenvalue weighted by Crippen LogP contribution is -2.45. The van der Waals surface area contributed by atoms with E-state index in [9.17, 15) is 55.6 Å². The summed E-state index contributed by atoms with van der Waals surface area (Å²) >= 11 is 0. The molecule has 0 saturated heterocycles. The lowest BCUT2D eigenvalue weighted by Gasteiger charge is -2.33. The molecule has 13 N–H and O–H groups in total. The molecule has 29 heteroatoms. The van der Waals surface area contributed by atoms with Gasteiger partial charge in [-0.05, 0) is 70.6 Å². The molecule has 0 radical (unpaired) electrons. The summed E-state index contributed by atoms with van der Waals surface area (Å²) in [5, 5.41) is 58.5. The number of methoxy groups -OCH3 is 2. The van der Waals surface area contributed by atoms with Crippen LogP contribution in [0.2, 0.25) is 0 Å². The van der Waals surface area contributed by atoms with Gasteiger partial charge >= 0.3 is 30.9 Å². The zero-order valence-electron chi connectivity index (χ0n) is 29.4. The highest BCUT2D eigenvalue weighted by atomic mass is 32.2. The Balaban J connectivity index is 3.36. The number of aldehydes is 1. The first kappa shape index (κ1) is 49.4. The largest absolute Gasteiger partial charge is 0.378 e. The zero-order valence-corrected chi connectivity index (χ0v) is 31.8. The molecular weight excluding hydrogens is 795 g/mol. The number of hydrogen-bond donors (Lipinski definition) is 13. The van der Waals surface area contributed by atoms with Gasteiger partial charge in [0.1, 0.15) is 49.9 Å². The van der Waals surface area contributed by atoms with Gasteiger partial charge in [-0.25, -0.2) is 0 Å². The highest BCUT2D eigenvalue weighted by Crippen LogP contribution is 2.24. The van der Waals surface area contributed by atoms with Crippen LogP contribution in [0.25, 0.3) is 0 Å². The number of carbonyl (C=O) groups excluding carboxylic acids is 1. The molecule has 0 bridgehead atoms. The average molecular weight is 846 g/mol. The molecule has 26 nitrogen and oxygen atoms in total. The molecule has 0 aliphatic rings. The van der Waals surface area contributed by atoms with Crippen molar-refractivity contribution in [2.24, 2.45) is 0 Å². The van der Waals surface area contributed by atoms with Gasteiger partial charge in [-0.1, -0.05) is 0 Å². The summed E-state index contributed by atoms with van der Waals surface area (Å²) in [6.45, 7) is 0. The maximum Gasteiger partial charge on any atom is 0.335 e. The van der Waals surface area contributed by atoms with E-state index in [-0.39, 0.29) is 88.9 Å². The molecule has 1 heterocycles. The summed E-state index contributed by atoms with van der Waals surface area (Å²) < 4.78 is 108. The average Bonchev–Trinajstić information content (AvgIpc) is 3.01. The van der Waals surface area contributed by atoms with Crippen molar-refractivity contribution in [1.29, 1.82) is 0 Å². The predicted molar refractivity (Wildman–Crippen MR) is 187 cm³/mol. The topological polar surface area (TPSA) is 402 Å². The van der Waals surface area contributed by atoms with Crippen LogP contribution in [-0.2, 0) is 45.2 Å². The monoisotopic (exact) mass is 845 g/mol. The lowest BCUT2D eigenvalue weighted by molar-refractivity contribution is -0.108. The molecule has 1 rings (SSSR count). The third-order valence-corrected chi connectivity index (χ3v) is 8.81. The highest BCUT2D eigenvalue weighted by Gasteiger charge is 2.28. The Morgan fingerprint density at radius 3 is 1.39 bits per heavy atom. The molecule has 0 fully saturated rings. The Morgan fingerprint density at radius 1 is 0.593 bits per heavy atom. The van der Waals surface area contributed by atoms with Gasteiger partial charge in [0.2, 0.25) is 17.8 Å². The number of ether oxygens (including phenoxy) is 2. The molecule has 0 aromatic carbocycles. The van der Waals surface area contributed by atoms with E-state index in [1.807, 2.05) is 9.44 Å². The first-order chi connectivity index (χ1) is 25.1. The van der Waals surface area contributed by atoms with Gasteiger partial charge in [0.25, 0.3) is 0 Å². The first-order valence-electron chi connectivity index (χ1n) is 16.3. The van der Waals surface area contributed by atoms with Crippen LogP contribution in [0.15, 0.2) is 0 Å². The van der Waals surface area contributed by atoms with Crippen LogP contribution >= 0.6 is 0 Å². The molecule has 0 spiro atoms. The number of carbonyl (C=O) groups is 1. The number of aliphatic hydroxyl groups excluding tert-OH is 5. The third kappa shape index (κ3) is 22.7. The minimum atomic E-state index is -4.69. The van der Waals surface area contributed by atoms with Gasteiger partial charge in [0.05, 0.1) is 0 Å². The Bertz CT molecular complexity index is 1580. The fraction of sp³-hybridized carbons (Fsp3) is 0.840. The summed E-state index contributed by atoms with van der Waals surface area (Å²) in [4.78, 5) is 24.3. The minimum Gasteiger partial charge on any atom is -0.378 e. The molecule has 7 atom stereocenters. The van der Waals surface area contributed by atoms with Crippen molar-refractivity contribution in [3.05, 3.63) is 0 Å². The zero-order chi connectivity index (χ0) is 41.1. The van der Waals surface area contributed by atoms with Crippen LogP contribution in [0.5, 0.6) is 0 Å². The second-order valence-electron chi connectivity index (χ2n) is 11.6. The number of unbranched alkanes of at least 4 members (excludes halogenated alkanes) is 1. The number of rotatable bonds is 31. The molecule has 0 aliphatic carbocycles. The van der Waals surface area contributed by atoms with E-state index in [2.05, 4.69) is 25.6 Å². The number of nitrogens with one attached hydrogen (secondary N) is 5. The predicted octanol–water partition coefficient (Wildman–Crippen LogP) is -2.90. The van der Waals surface area contributed by atoms with Crippen molar-refractivity contribution in [3.8, 4) is 0 Å². The van der Waals surface area contributed by atoms with Gasteiger partial charge in [0, 0.05) is 20.6 Å². The van der Waals surface area contributed by atoms with Crippen molar-refractivity contribution in [1.82, 2.24) is 29.1 Å². The third-order valence-electron chi connectivity index (χ3n) is 7.11. The van der Waals surface area contributed by atoms with E-state index in [0.717, 1.165) is 4.90 Å². The molecule has 0 amide bonds. The van der Waals surface area contributed by atoms with E-state index in [1.54, 1.807) is 4.72 Å². The molecular formula is C25H51N9O17S3. The van der Waals surface area contributed by atoms with Gasteiger partial charge in [0.15, 0.2) is 0 Å². The van der Waals surface area contributed by atoms with Crippen molar-refractivity contribution in [3.63, 3.8) is 0 Å². The van der Waals surface area contributed by atoms with Gasteiger partial charge < -0.3 is 50.4 Å². The van der Waals surface area contributed by atoms with Crippen molar-refractivity contribution < 1.29 is 78.7 Å². The van der Waals surface area contributed by atoms with Crippen LogP contribution < -0.4 is 29.7 Å². The first-order valence-corrected chi connectivity index (χ1v) is 20.6. The van der Waals surface area contributed by atoms with Crippen molar-refractivity contribution in [2.75, 3.05) is 29.8 Å². The van der Waals surface area contributed by atoms with Crippen LogP contribution in [-0.4, -0.2) is 143 Å². The van der Waals surface area contributed by atoms with E-state index >= 15 is 0 Å². The molecule has 316 valence electrons. The Morgan fingerprint density at radius 2 is 0.981 bits per heavy atom. The Labute approximate surface area is 312 Å². The van der Waals surface area contributed by atoms with E-state index in [1.165, 1.54) is 14.2 Å². The molecule has 0 aliphatic heterocycles. The fourth-order valence-electron chi connectivity index (χ4n) is 4.68. The summed E-state index contributed by atoms with van der Waals surface area (Å²) in [5.74, 6) is -1.18. The molecule has 54 heavy (non-hydrogen) atoms. The highest BCUT2D eigenvalue weighted by molar-refractivity contribution is 7.84. The maximum atomic E-state index is 11.2. The maximum absolute atomic E-state index is 11.2. The van der Waals surface area contributed by atoms with E-state index in [4.69, 9.17) is 23.1 Å². The van der Waals surface area contributed by atoms with E-state index in [0.29, 0.717) is 6.29 Å². The van der Waals surface area contributed by atoms with Crippen molar-refractivity contribution >= 4 is 55.0 Å². The fourth-order valence-corrected chi connectivity index (χ4v) is 6.23. The van der Waals surface area contributed by atoms with Gasteiger partial charge in [-0.2, -0.15) is 54.4 Å². The smallest absolute Gasteiger partial charge is 0.335 e. The number of hydrogen-bond acceptors (Lipinski definition) is 20. The second kappa shape index (κ2) is 24.1. The summed E-state index contributed by atoms with van der Waals surface area (Å²) in [7, 11) is -11.6. The summed E-state index contributed by atoms with van der Waals surface area (Å²) in [6.07, 6.45) is -9.85. The van der Waals surface area contributed by atoms with Gasteiger partial charge in [-0.3, -0.25) is 18.6 Å². The van der Waals surface area contributed by atoms with Crippen LogP contribution in [0.3, 0.4) is 0 Å². The van der Waals surface area contributed by atoms with Crippen LogP contribution in [0.1, 0.15) is 77.0 Å². The standard InChI is InChI=1S/C25H51N9O17S3/c1-50-19(32-53(44,45)46)11-6-9-17(37)27-24-28-23(26-16(36)8-5-10-18(38)31-52(41,42)43)29-25(30-24)34(21(39)13-3-4-15-35)22(40)14-7-12-20(51-2)33-54(47,48)49/h15-22,31-33,36-40H,3-14H2,1-2H3,(H,41,42,43)(H,44,45,46)(H,47,48,49)(H2,26,27,28,29,30). The Hall–Kier alpha value is -2.59. The lowest BCUT2D eigenvalue weighted by atomic mass is 10.1. The molecule has 1 aromatic heterocycles. The van der Waals surface area contributed by atoms with Crippen LogP contribution in [0.4, 0.5) is 17.8 Å². The van der Waals surface area contributed by atoms with Crippen LogP contribution in [0, 0.1) is 0 Å². The summed E-state index contributed by atoms with van der Waals surface area (Å²) in [6, 6.07) is 0. The quantitative estimate of drug-likeness (QED) is 0.0154. The SMILES string of the molecule is COC(CCCC(O)Nc1nc(NC(O)CCCC(O)NS(=O)(=O)O)nc(N(C(O)CCCC=O)C(O)CCCC(NS(=O)(=O)O)OC)n1)NS(=O)(=O)O. The summed E-state index contributed by atoms with van der Waals surface area (Å²) in [5.41, 5.74) is 0. The van der Waals surface area contributed by atoms with E-state index < -0.39 is 80.5 Å².